The molecule has 0 aliphatic heterocycles. The maximum absolute atomic E-state index is 11.8. The minimum Gasteiger partial charge on any atom is -0.493 e. The first-order valence-electron chi connectivity index (χ1n) is 7.25. The van der Waals surface area contributed by atoms with Crippen LogP contribution in [0, 0.1) is 0 Å². The number of ether oxygens (including phenoxy) is 3. The second-order valence-corrected chi connectivity index (χ2v) is 5.11. The van der Waals surface area contributed by atoms with Gasteiger partial charge < -0.3 is 24.3 Å². The quantitative estimate of drug-likeness (QED) is 0.749. The Bertz CT molecular complexity index is 913. The molecule has 6 nitrogen and oxygen atoms in total. The van der Waals surface area contributed by atoms with Gasteiger partial charge in [-0.05, 0) is 18.2 Å². The van der Waals surface area contributed by atoms with Crippen molar-refractivity contribution in [2.45, 2.75) is 0 Å². The van der Waals surface area contributed by atoms with E-state index < -0.39 is 5.97 Å². The standard InChI is InChI=1S/C18H17NO5/c1-22-13-9-8-11(16(23-2)17(13)24-3)15-14(18(20)21)10-6-4-5-7-12(10)19-15/h4-9,19H,1-3H3,(H,20,21). The van der Waals surface area contributed by atoms with Crippen molar-refractivity contribution >= 4 is 16.9 Å². The van der Waals surface area contributed by atoms with Gasteiger partial charge in [0.2, 0.25) is 5.75 Å². The van der Waals surface area contributed by atoms with Gasteiger partial charge in [0.15, 0.2) is 11.5 Å². The maximum atomic E-state index is 11.8. The van der Waals surface area contributed by atoms with E-state index in [9.17, 15) is 9.90 Å². The summed E-state index contributed by atoms with van der Waals surface area (Å²) in [6, 6.07) is 10.7. The number of hydrogen-bond acceptors (Lipinski definition) is 4. The third-order valence-corrected chi connectivity index (χ3v) is 3.89. The summed E-state index contributed by atoms with van der Waals surface area (Å²) in [6.45, 7) is 0. The number of methoxy groups -OCH3 is 3. The molecule has 3 aromatic rings. The predicted molar refractivity (Wildman–Crippen MR) is 90.4 cm³/mol. The molecule has 24 heavy (non-hydrogen) atoms. The number of H-pyrrole nitrogens is 1. The molecule has 0 fully saturated rings. The zero-order valence-corrected chi connectivity index (χ0v) is 13.5. The highest BCUT2D eigenvalue weighted by Gasteiger charge is 2.24. The number of benzene rings is 2. The number of fused-ring (bicyclic) bond motifs is 1. The third kappa shape index (κ3) is 2.32. The van der Waals surface area contributed by atoms with Crippen LogP contribution in [0.15, 0.2) is 36.4 Å². The van der Waals surface area contributed by atoms with Crippen LogP contribution in [-0.2, 0) is 0 Å². The predicted octanol–water partition coefficient (Wildman–Crippen LogP) is 3.56. The lowest BCUT2D eigenvalue weighted by atomic mass is 10.0. The summed E-state index contributed by atoms with van der Waals surface area (Å²) in [6.07, 6.45) is 0. The van der Waals surface area contributed by atoms with E-state index in [0.29, 0.717) is 33.9 Å². The lowest BCUT2D eigenvalue weighted by molar-refractivity contribution is 0.0700. The Hall–Kier alpha value is -3.15. The van der Waals surface area contributed by atoms with Crippen LogP contribution in [0.1, 0.15) is 10.4 Å². The summed E-state index contributed by atoms with van der Waals surface area (Å²) in [7, 11) is 4.54. The summed E-state index contributed by atoms with van der Waals surface area (Å²) in [4.78, 5) is 15.0. The van der Waals surface area contributed by atoms with Crippen molar-refractivity contribution in [3.05, 3.63) is 42.0 Å². The number of aromatic nitrogens is 1. The number of aromatic amines is 1. The summed E-state index contributed by atoms with van der Waals surface area (Å²) in [5.74, 6) is 0.309. The van der Waals surface area contributed by atoms with Crippen LogP contribution in [0.4, 0.5) is 0 Å². The van der Waals surface area contributed by atoms with E-state index in [1.807, 2.05) is 12.1 Å². The zero-order chi connectivity index (χ0) is 17.3. The first-order chi connectivity index (χ1) is 11.6. The van der Waals surface area contributed by atoms with Gasteiger partial charge in [0, 0.05) is 16.5 Å². The number of carbonyl (C=O) groups is 1. The molecule has 0 spiro atoms. The van der Waals surface area contributed by atoms with Gasteiger partial charge >= 0.3 is 5.97 Å². The fraction of sp³-hybridized carbons (Fsp3) is 0.167. The van der Waals surface area contributed by atoms with Gasteiger partial charge in [-0.25, -0.2) is 4.79 Å². The number of carboxylic acid groups (broad SMARTS) is 1. The van der Waals surface area contributed by atoms with Crippen molar-refractivity contribution in [1.29, 1.82) is 0 Å². The van der Waals surface area contributed by atoms with Gasteiger partial charge in [0.25, 0.3) is 0 Å². The summed E-state index contributed by atoms with van der Waals surface area (Å²) in [5, 5.41) is 10.3. The van der Waals surface area contributed by atoms with Gasteiger partial charge in [-0.2, -0.15) is 0 Å². The number of rotatable bonds is 5. The van der Waals surface area contributed by atoms with Crippen molar-refractivity contribution in [1.82, 2.24) is 4.98 Å². The number of aromatic carboxylic acids is 1. The van der Waals surface area contributed by atoms with Crippen LogP contribution in [0.3, 0.4) is 0 Å². The first-order valence-corrected chi connectivity index (χ1v) is 7.25. The van der Waals surface area contributed by atoms with E-state index in [-0.39, 0.29) is 5.56 Å². The number of carboxylic acids is 1. The molecule has 0 amide bonds. The monoisotopic (exact) mass is 327 g/mol. The molecule has 2 aromatic carbocycles. The smallest absolute Gasteiger partial charge is 0.338 e. The second-order valence-electron chi connectivity index (χ2n) is 5.11. The molecule has 0 saturated heterocycles. The molecule has 0 unspecified atom stereocenters. The molecule has 1 heterocycles. The third-order valence-electron chi connectivity index (χ3n) is 3.89. The lowest BCUT2D eigenvalue weighted by Crippen LogP contribution is -2.01. The molecular weight excluding hydrogens is 310 g/mol. The average Bonchev–Trinajstić information content (AvgIpc) is 2.99. The highest BCUT2D eigenvalue weighted by atomic mass is 16.5. The number of nitrogens with one attached hydrogen (secondary N) is 1. The highest BCUT2D eigenvalue weighted by Crippen LogP contribution is 2.45. The van der Waals surface area contributed by atoms with Crippen molar-refractivity contribution in [3.63, 3.8) is 0 Å². The Kier molecular flexibility index (Phi) is 4.04. The second kappa shape index (κ2) is 6.16. The molecule has 0 radical (unpaired) electrons. The molecule has 6 heteroatoms. The fourth-order valence-corrected chi connectivity index (χ4v) is 2.86. The van der Waals surface area contributed by atoms with Crippen molar-refractivity contribution in [3.8, 4) is 28.5 Å². The summed E-state index contributed by atoms with van der Waals surface area (Å²) >= 11 is 0. The molecule has 3 rings (SSSR count). The van der Waals surface area contributed by atoms with Crippen LogP contribution < -0.4 is 14.2 Å². The first kappa shape index (κ1) is 15.7. The Balaban J connectivity index is 2.36. The van der Waals surface area contributed by atoms with E-state index in [1.54, 1.807) is 24.3 Å². The van der Waals surface area contributed by atoms with Gasteiger partial charge in [-0.1, -0.05) is 18.2 Å². The SMILES string of the molecule is COc1ccc(-c2[nH]c3ccccc3c2C(=O)O)c(OC)c1OC. The molecule has 0 saturated carbocycles. The minimum atomic E-state index is -1.01. The molecule has 0 aliphatic carbocycles. The van der Waals surface area contributed by atoms with E-state index in [0.717, 1.165) is 5.52 Å². The lowest BCUT2D eigenvalue weighted by Gasteiger charge is -2.15. The van der Waals surface area contributed by atoms with Gasteiger partial charge in [0.1, 0.15) is 0 Å². The van der Waals surface area contributed by atoms with Crippen molar-refractivity contribution < 1.29 is 24.1 Å². The average molecular weight is 327 g/mol. The normalized spacial score (nSPS) is 10.6. The molecular formula is C18H17NO5. The maximum Gasteiger partial charge on any atom is 0.338 e. The Morgan fingerprint density at radius 3 is 2.29 bits per heavy atom. The van der Waals surface area contributed by atoms with Crippen molar-refractivity contribution in [2.24, 2.45) is 0 Å². The highest BCUT2D eigenvalue weighted by molar-refractivity contribution is 6.10. The van der Waals surface area contributed by atoms with Crippen LogP contribution in [0.5, 0.6) is 17.2 Å². The number of hydrogen-bond donors (Lipinski definition) is 2. The van der Waals surface area contributed by atoms with E-state index in [4.69, 9.17) is 14.2 Å². The van der Waals surface area contributed by atoms with Crippen molar-refractivity contribution in [2.75, 3.05) is 21.3 Å². The summed E-state index contributed by atoms with van der Waals surface area (Å²) in [5.41, 5.74) is 1.98. The van der Waals surface area contributed by atoms with Gasteiger partial charge in [-0.3, -0.25) is 0 Å². The molecule has 124 valence electrons. The topological polar surface area (TPSA) is 80.8 Å². The number of para-hydroxylation sites is 1. The molecule has 0 bridgehead atoms. The van der Waals surface area contributed by atoms with E-state index in [2.05, 4.69) is 4.98 Å². The fourth-order valence-electron chi connectivity index (χ4n) is 2.86. The largest absolute Gasteiger partial charge is 0.493 e. The van der Waals surface area contributed by atoms with Crippen LogP contribution in [-0.4, -0.2) is 37.4 Å². The molecule has 0 atom stereocenters. The zero-order valence-electron chi connectivity index (χ0n) is 13.5. The van der Waals surface area contributed by atoms with Crippen LogP contribution in [0.2, 0.25) is 0 Å². The minimum absolute atomic E-state index is 0.191. The Morgan fingerprint density at radius 1 is 0.958 bits per heavy atom. The Labute approximate surface area is 138 Å². The Morgan fingerprint density at radius 2 is 1.67 bits per heavy atom. The van der Waals surface area contributed by atoms with Gasteiger partial charge in [-0.15, -0.1) is 0 Å². The van der Waals surface area contributed by atoms with Gasteiger partial charge in [0.05, 0.1) is 32.6 Å². The molecule has 1 aromatic heterocycles. The molecule has 2 N–H and O–H groups in total. The molecule has 0 aliphatic rings. The van der Waals surface area contributed by atoms with E-state index >= 15 is 0 Å². The van der Waals surface area contributed by atoms with E-state index in [1.165, 1.54) is 21.3 Å². The van der Waals surface area contributed by atoms with Crippen LogP contribution >= 0.6 is 0 Å². The summed E-state index contributed by atoms with van der Waals surface area (Å²) < 4.78 is 16.1. The van der Waals surface area contributed by atoms with Crippen LogP contribution in [0.25, 0.3) is 22.2 Å².